The molecular formula is C18H28N4O. The number of piperidine rings is 1. The van der Waals surface area contributed by atoms with Gasteiger partial charge in [-0.05, 0) is 43.6 Å². The monoisotopic (exact) mass is 316 g/mol. The lowest BCUT2D eigenvalue weighted by atomic mass is 10.00. The molecule has 2 aliphatic rings. The van der Waals surface area contributed by atoms with Crippen LogP contribution in [0.4, 0.5) is 5.95 Å². The van der Waals surface area contributed by atoms with E-state index in [0.717, 1.165) is 44.2 Å². The number of hydrogen-bond acceptors (Lipinski definition) is 4. The molecule has 2 saturated heterocycles. The molecule has 3 heterocycles. The van der Waals surface area contributed by atoms with Crippen molar-refractivity contribution in [3.63, 3.8) is 0 Å². The van der Waals surface area contributed by atoms with E-state index >= 15 is 0 Å². The predicted octanol–water partition coefficient (Wildman–Crippen LogP) is 3.07. The van der Waals surface area contributed by atoms with Gasteiger partial charge in [0.25, 0.3) is 5.91 Å². The molecule has 0 aliphatic carbocycles. The van der Waals surface area contributed by atoms with Crippen LogP contribution in [-0.2, 0) is 0 Å². The molecule has 0 saturated carbocycles. The first-order valence-corrected chi connectivity index (χ1v) is 8.98. The van der Waals surface area contributed by atoms with Crippen LogP contribution in [-0.4, -0.2) is 47.0 Å². The first-order chi connectivity index (χ1) is 11.0. The molecule has 1 amide bonds. The van der Waals surface area contributed by atoms with Gasteiger partial charge in [-0.25, -0.2) is 9.97 Å². The standard InChI is InChI=1S/C18H28N4O/c1-13(2)15-11-16(17(23)22-10-6-7-14(3)12-22)20-18(19-15)21-8-4-5-9-21/h11,13-14H,4-10,12H2,1-3H3. The second kappa shape index (κ2) is 6.85. The Morgan fingerprint density at radius 2 is 1.91 bits per heavy atom. The Morgan fingerprint density at radius 3 is 2.57 bits per heavy atom. The highest BCUT2D eigenvalue weighted by Crippen LogP contribution is 2.23. The van der Waals surface area contributed by atoms with Crippen LogP contribution in [0.3, 0.4) is 0 Å². The molecule has 0 spiro atoms. The number of likely N-dealkylation sites (tertiary alicyclic amines) is 1. The van der Waals surface area contributed by atoms with E-state index < -0.39 is 0 Å². The van der Waals surface area contributed by atoms with Gasteiger partial charge in [-0.1, -0.05) is 20.8 Å². The summed E-state index contributed by atoms with van der Waals surface area (Å²) in [4.78, 5) is 26.4. The Kier molecular flexibility index (Phi) is 4.83. The molecule has 3 rings (SSSR count). The Bertz CT molecular complexity index is 566. The molecule has 1 unspecified atom stereocenters. The molecule has 1 atom stereocenters. The van der Waals surface area contributed by atoms with Crippen molar-refractivity contribution in [3.05, 3.63) is 17.5 Å². The van der Waals surface area contributed by atoms with Gasteiger partial charge < -0.3 is 9.80 Å². The van der Waals surface area contributed by atoms with E-state index in [-0.39, 0.29) is 5.91 Å². The van der Waals surface area contributed by atoms with Crippen molar-refractivity contribution in [2.24, 2.45) is 5.92 Å². The third kappa shape index (κ3) is 3.65. The number of amides is 1. The van der Waals surface area contributed by atoms with Gasteiger partial charge in [-0.15, -0.1) is 0 Å². The maximum Gasteiger partial charge on any atom is 0.272 e. The summed E-state index contributed by atoms with van der Waals surface area (Å²) in [6.07, 6.45) is 4.67. The molecule has 0 radical (unpaired) electrons. The van der Waals surface area contributed by atoms with Gasteiger partial charge in [0, 0.05) is 31.9 Å². The molecule has 5 nitrogen and oxygen atoms in total. The highest BCUT2D eigenvalue weighted by Gasteiger charge is 2.25. The summed E-state index contributed by atoms with van der Waals surface area (Å²) >= 11 is 0. The van der Waals surface area contributed by atoms with Gasteiger partial charge in [0.15, 0.2) is 0 Å². The Hall–Kier alpha value is -1.65. The number of rotatable bonds is 3. The number of carbonyl (C=O) groups is 1. The Labute approximate surface area is 139 Å². The van der Waals surface area contributed by atoms with Crippen LogP contribution in [0.15, 0.2) is 6.07 Å². The number of hydrogen-bond donors (Lipinski definition) is 0. The van der Waals surface area contributed by atoms with Crippen LogP contribution in [0.25, 0.3) is 0 Å². The van der Waals surface area contributed by atoms with Crippen molar-refractivity contribution < 1.29 is 4.79 Å². The van der Waals surface area contributed by atoms with E-state index in [2.05, 4.69) is 30.7 Å². The molecular weight excluding hydrogens is 288 g/mol. The number of anilines is 1. The van der Waals surface area contributed by atoms with E-state index in [9.17, 15) is 4.79 Å². The summed E-state index contributed by atoms with van der Waals surface area (Å²) in [5.41, 5.74) is 1.54. The third-order valence-electron chi connectivity index (χ3n) is 4.88. The van der Waals surface area contributed by atoms with Crippen molar-refractivity contribution >= 4 is 11.9 Å². The largest absolute Gasteiger partial charge is 0.341 e. The topological polar surface area (TPSA) is 49.3 Å². The number of nitrogens with zero attached hydrogens (tertiary/aromatic N) is 4. The number of aromatic nitrogens is 2. The molecule has 2 aliphatic heterocycles. The summed E-state index contributed by atoms with van der Waals surface area (Å²) in [7, 11) is 0. The lowest BCUT2D eigenvalue weighted by Gasteiger charge is -2.31. The van der Waals surface area contributed by atoms with E-state index in [1.165, 1.54) is 19.3 Å². The van der Waals surface area contributed by atoms with Gasteiger partial charge in [-0.2, -0.15) is 0 Å². The van der Waals surface area contributed by atoms with E-state index in [4.69, 9.17) is 4.98 Å². The molecule has 5 heteroatoms. The van der Waals surface area contributed by atoms with Crippen molar-refractivity contribution in [2.45, 2.75) is 52.4 Å². The highest BCUT2D eigenvalue weighted by atomic mass is 16.2. The van der Waals surface area contributed by atoms with E-state index in [1.807, 2.05) is 11.0 Å². The molecule has 0 N–H and O–H groups in total. The second-order valence-electron chi connectivity index (χ2n) is 7.33. The van der Waals surface area contributed by atoms with Crippen LogP contribution in [0.5, 0.6) is 0 Å². The van der Waals surface area contributed by atoms with Crippen LogP contribution >= 0.6 is 0 Å². The zero-order valence-electron chi connectivity index (χ0n) is 14.6. The molecule has 1 aromatic rings. The summed E-state index contributed by atoms with van der Waals surface area (Å²) < 4.78 is 0. The summed E-state index contributed by atoms with van der Waals surface area (Å²) in [5.74, 6) is 1.69. The SMILES string of the molecule is CC1CCCN(C(=O)c2cc(C(C)C)nc(N3CCCC3)n2)C1. The summed E-state index contributed by atoms with van der Waals surface area (Å²) in [6, 6.07) is 1.89. The first-order valence-electron chi connectivity index (χ1n) is 8.98. The van der Waals surface area contributed by atoms with Gasteiger partial charge >= 0.3 is 0 Å². The van der Waals surface area contributed by atoms with Crippen molar-refractivity contribution in [3.8, 4) is 0 Å². The van der Waals surface area contributed by atoms with Gasteiger partial charge in [0.1, 0.15) is 5.69 Å². The average Bonchev–Trinajstić information content (AvgIpc) is 3.08. The maximum absolute atomic E-state index is 12.9. The first kappa shape index (κ1) is 16.2. The summed E-state index contributed by atoms with van der Waals surface area (Å²) in [6.45, 7) is 10.1. The van der Waals surface area contributed by atoms with E-state index in [1.54, 1.807) is 0 Å². The van der Waals surface area contributed by atoms with Crippen molar-refractivity contribution in [1.29, 1.82) is 0 Å². The zero-order valence-corrected chi connectivity index (χ0v) is 14.6. The van der Waals surface area contributed by atoms with Crippen LogP contribution in [0.2, 0.25) is 0 Å². The molecule has 1 aromatic heterocycles. The average molecular weight is 316 g/mol. The molecule has 0 aromatic carbocycles. The second-order valence-corrected chi connectivity index (χ2v) is 7.33. The fraction of sp³-hybridized carbons (Fsp3) is 0.722. The maximum atomic E-state index is 12.9. The van der Waals surface area contributed by atoms with Crippen LogP contribution in [0.1, 0.15) is 68.6 Å². The molecule has 2 fully saturated rings. The van der Waals surface area contributed by atoms with Gasteiger partial charge in [0.2, 0.25) is 5.95 Å². The zero-order chi connectivity index (χ0) is 16.4. The molecule has 23 heavy (non-hydrogen) atoms. The van der Waals surface area contributed by atoms with Crippen molar-refractivity contribution in [2.75, 3.05) is 31.1 Å². The fourth-order valence-corrected chi connectivity index (χ4v) is 3.45. The minimum absolute atomic E-state index is 0.0706. The molecule has 0 bridgehead atoms. The fourth-order valence-electron chi connectivity index (χ4n) is 3.45. The normalized spacial score (nSPS) is 22.0. The summed E-state index contributed by atoms with van der Waals surface area (Å²) in [5, 5.41) is 0. The Balaban J connectivity index is 1.88. The lowest BCUT2D eigenvalue weighted by Crippen LogP contribution is -2.39. The van der Waals surface area contributed by atoms with E-state index in [0.29, 0.717) is 17.5 Å². The third-order valence-corrected chi connectivity index (χ3v) is 4.88. The van der Waals surface area contributed by atoms with Gasteiger partial charge in [0.05, 0.1) is 0 Å². The van der Waals surface area contributed by atoms with Crippen LogP contribution in [0, 0.1) is 5.92 Å². The predicted molar refractivity (Wildman–Crippen MR) is 91.9 cm³/mol. The smallest absolute Gasteiger partial charge is 0.272 e. The quantitative estimate of drug-likeness (QED) is 0.860. The Morgan fingerprint density at radius 1 is 1.17 bits per heavy atom. The number of carbonyl (C=O) groups excluding carboxylic acids is 1. The highest BCUT2D eigenvalue weighted by molar-refractivity contribution is 5.92. The minimum atomic E-state index is 0.0706. The van der Waals surface area contributed by atoms with Crippen LogP contribution < -0.4 is 4.90 Å². The molecule has 126 valence electrons. The lowest BCUT2D eigenvalue weighted by molar-refractivity contribution is 0.0677. The minimum Gasteiger partial charge on any atom is -0.341 e. The van der Waals surface area contributed by atoms with Gasteiger partial charge in [-0.3, -0.25) is 4.79 Å². The van der Waals surface area contributed by atoms with Crippen molar-refractivity contribution in [1.82, 2.24) is 14.9 Å².